The van der Waals surface area contributed by atoms with E-state index in [0.29, 0.717) is 50.7 Å². The predicted molar refractivity (Wildman–Crippen MR) is 114 cm³/mol. The van der Waals surface area contributed by atoms with Crippen LogP contribution in [0.5, 0.6) is 0 Å². The Morgan fingerprint density at radius 1 is 1.25 bits per heavy atom. The van der Waals surface area contributed by atoms with Crippen LogP contribution < -0.4 is 4.90 Å². The molecule has 2 aliphatic heterocycles. The summed E-state index contributed by atoms with van der Waals surface area (Å²) < 4.78 is 49.0. The molecule has 1 N–H and O–H groups in total. The second-order valence-corrected chi connectivity index (χ2v) is 8.19. The molecule has 0 radical (unpaired) electrons. The summed E-state index contributed by atoms with van der Waals surface area (Å²) in [5.41, 5.74) is 1.06. The number of hydrogen-bond donors (Lipinski definition) is 1. The molecule has 32 heavy (non-hydrogen) atoms. The molecule has 3 aromatic heterocycles. The Morgan fingerprint density at radius 2 is 2.00 bits per heavy atom. The molecule has 1 amide bonds. The van der Waals surface area contributed by atoms with Crippen LogP contribution in [0.1, 0.15) is 13.1 Å². The zero-order chi connectivity index (χ0) is 21.6. The van der Waals surface area contributed by atoms with Crippen molar-refractivity contribution in [3.63, 3.8) is 0 Å². The van der Waals surface area contributed by atoms with E-state index in [1.165, 1.54) is 0 Å². The number of anilines is 1. The molecule has 2 aliphatic rings. The van der Waals surface area contributed by atoms with Crippen LogP contribution in [-0.2, 0) is 15.7 Å². The summed E-state index contributed by atoms with van der Waals surface area (Å²) in [6.45, 7) is 3.11. The van der Waals surface area contributed by atoms with Crippen molar-refractivity contribution in [1.82, 2.24) is 19.9 Å². The average molecular weight is 469 g/mol. The third-order valence-electron chi connectivity index (χ3n) is 5.29. The second-order valence-electron chi connectivity index (χ2n) is 7.33. The van der Waals surface area contributed by atoms with Gasteiger partial charge in [-0.2, -0.15) is 13.2 Å². The van der Waals surface area contributed by atoms with Crippen molar-refractivity contribution in [3.8, 4) is 10.7 Å². The van der Waals surface area contributed by atoms with E-state index in [1.807, 2.05) is 6.07 Å². The van der Waals surface area contributed by atoms with Gasteiger partial charge in [-0.15, -0.1) is 11.3 Å². The van der Waals surface area contributed by atoms with Crippen molar-refractivity contribution in [2.45, 2.75) is 19.7 Å². The van der Waals surface area contributed by atoms with Gasteiger partial charge in [0.1, 0.15) is 10.7 Å². The fraction of sp³-hybridized carbons (Fsp3) is 0.450. The molecule has 8 nitrogen and oxygen atoms in total. The highest BCUT2D eigenvalue weighted by atomic mass is 32.1. The summed E-state index contributed by atoms with van der Waals surface area (Å²) in [6, 6.07) is 3.64. The Morgan fingerprint density at radius 3 is 2.62 bits per heavy atom. The Bertz CT molecular complexity index is 1100. The molecular weight excluding hydrogens is 447 g/mol. The molecule has 5 rings (SSSR count). The molecule has 2 fully saturated rings. The van der Waals surface area contributed by atoms with Crippen LogP contribution in [0.4, 0.5) is 23.7 Å². The number of nitrogens with one attached hydrogen (secondary N) is 1. The molecule has 0 aliphatic carbocycles. The quantitative estimate of drug-likeness (QED) is 0.624. The first-order valence-corrected chi connectivity index (χ1v) is 10.6. The largest absolute Gasteiger partial charge is 0.441 e. The first-order valence-electron chi connectivity index (χ1n) is 9.67. The van der Waals surface area contributed by atoms with Gasteiger partial charge < -0.3 is 24.3 Å². The SMILES string of the molecule is C.O=C(OC1COC1)N1CCN(c2ccnc3[nH]c(-c4nc(C(F)(F)F)cs4)cc23)CC1. The number of carbonyl (C=O) groups is 1. The van der Waals surface area contributed by atoms with E-state index >= 15 is 0 Å². The monoisotopic (exact) mass is 469 g/mol. The van der Waals surface area contributed by atoms with Gasteiger partial charge in [0.2, 0.25) is 0 Å². The number of carbonyl (C=O) groups excluding carboxylic acids is 1. The van der Waals surface area contributed by atoms with Crippen LogP contribution in [0, 0.1) is 0 Å². The van der Waals surface area contributed by atoms with E-state index in [2.05, 4.69) is 19.9 Å². The zero-order valence-corrected chi connectivity index (χ0v) is 17.0. The Kier molecular flexibility index (Phi) is 5.99. The lowest BCUT2D eigenvalue weighted by Gasteiger charge is -2.37. The summed E-state index contributed by atoms with van der Waals surface area (Å²) in [5.74, 6) is 0. The number of alkyl halides is 3. The molecule has 0 spiro atoms. The average Bonchev–Trinajstić information content (AvgIpc) is 3.37. The zero-order valence-electron chi connectivity index (χ0n) is 16.2. The third kappa shape index (κ3) is 4.24. The van der Waals surface area contributed by atoms with Gasteiger partial charge in [0.25, 0.3) is 0 Å². The van der Waals surface area contributed by atoms with Crippen molar-refractivity contribution in [3.05, 3.63) is 29.4 Å². The van der Waals surface area contributed by atoms with Crippen LogP contribution >= 0.6 is 11.3 Å². The Labute approximate surface area is 186 Å². The number of fused-ring (bicyclic) bond motifs is 1. The van der Waals surface area contributed by atoms with Crippen LogP contribution in [0.25, 0.3) is 21.7 Å². The topological polar surface area (TPSA) is 83.6 Å². The van der Waals surface area contributed by atoms with E-state index in [1.54, 1.807) is 17.2 Å². The Balaban J connectivity index is 0.00000245. The summed E-state index contributed by atoms with van der Waals surface area (Å²) in [5, 5.41) is 2.05. The number of halogens is 3. The van der Waals surface area contributed by atoms with E-state index in [4.69, 9.17) is 9.47 Å². The maximum absolute atomic E-state index is 12.9. The summed E-state index contributed by atoms with van der Waals surface area (Å²) in [7, 11) is 0. The highest BCUT2D eigenvalue weighted by Gasteiger charge is 2.34. The fourth-order valence-electron chi connectivity index (χ4n) is 3.56. The van der Waals surface area contributed by atoms with E-state index in [9.17, 15) is 18.0 Å². The minimum Gasteiger partial charge on any atom is -0.441 e. The number of piperazine rings is 1. The van der Waals surface area contributed by atoms with Crippen LogP contribution in [0.3, 0.4) is 0 Å². The molecule has 5 heterocycles. The predicted octanol–water partition coefficient (Wildman–Crippen LogP) is 4.00. The van der Waals surface area contributed by atoms with Crippen molar-refractivity contribution in [2.24, 2.45) is 0 Å². The summed E-state index contributed by atoms with van der Waals surface area (Å²) in [4.78, 5) is 27.1. The molecule has 0 bridgehead atoms. The number of hydrogen-bond acceptors (Lipinski definition) is 7. The number of pyridine rings is 1. The molecule has 0 saturated carbocycles. The molecule has 12 heteroatoms. The molecule has 2 saturated heterocycles. The first-order chi connectivity index (χ1) is 14.9. The maximum Gasteiger partial charge on any atom is 0.434 e. The lowest BCUT2D eigenvalue weighted by molar-refractivity contribution is -0.140. The molecule has 3 aromatic rings. The number of H-pyrrole nitrogens is 1. The first kappa shape index (κ1) is 22.3. The molecule has 172 valence electrons. The standard InChI is InChI=1S/C19H18F3N5O3S.CH4/c20-19(21,22)15-10-31-17(25-15)13-7-12-14(1-2-23-16(12)24-13)26-3-5-27(6-4-26)18(28)30-11-8-29-9-11;/h1-2,7,10-11H,3-6,8-9H2,(H,23,24);1H4. The van der Waals surface area contributed by atoms with Gasteiger partial charge in [-0.25, -0.2) is 14.8 Å². The van der Waals surface area contributed by atoms with Gasteiger partial charge in [0, 0.05) is 48.8 Å². The van der Waals surface area contributed by atoms with Crippen LogP contribution in [-0.4, -0.2) is 71.4 Å². The number of thiazole rings is 1. The van der Waals surface area contributed by atoms with Gasteiger partial charge in [0.15, 0.2) is 11.8 Å². The Hall–Kier alpha value is -2.86. The number of rotatable bonds is 3. The maximum atomic E-state index is 12.9. The normalized spacial score (nSPS) is 17.2. The third-order valence-corrected chi connectivity index (χ3v) is 6.16. The molecular formula is C20H22F3N5O3S. The van der Waals surface area contributed by atoms with E-state index < -0.39 is 11.9 Å². The van der Waals surface area contributed by atoms with Gasteiger partial charge in [-0.05, 0) is 12.1 Å². The van der Waals surface area contributed by atoms with Gasteiger partial charge in [-0.1, -0.05) is 7.43 Å². The van der Waals surface area contributed by atoms with Crippen molar-refractivity contribution < 1.29 is 27.4 Å². The van der Waals surface area contributed by atoms with Crippen LogP contribution in [0.15, 0.2) is 23.7 Å². The number of amides is 1. The fourth-order valence-corrected chi connectivity index (χ4v) is 4.36. The summed E-state index contributed by atoms with van der Waals surface area (Å²) in [6.07, 6.45) is -3.32. The van der Waals surface area contributed by atoms with Gasteiger partial charge in [-0.3, -0.25) is 0 Å². The van der Waals surface area contributed by atoms with Gasteiger partial charge >= 0.3 is 12.3 Å². The van der Waals surface area contributed by atoms with Crippen molar-refractivity contribution in [2.75, 3.05) is 44.3 Å². The van der Waals surface area contributed by atoms with Gasteiger partial charge in [0.05, 0.1) is 18.9 Å². The van der Waals surface area contributed by atoms with Crippen LogP contribution in [0.2, 0.25) is 0 Å². The van der Waals surface area contributed by atoms with Crippen molar-refractivity contribution >= 4 is 34.2 Å². The smallest absolute Gasteiger partial charge is 0.434 e. The molecule has 0 aromatic carbocycles. The number of nitrogens with zero attached hydrogens (tertiary/aromatic N) is 4. The lowest BCUT2D eigenvalue weighted by atomic mass is 10.2. The lowest BCUT2D eigenvalue weighted by Crippen LogP contribution is -2.51. The van der Waals surface area contributed by atoms with E-state index in [0.717, 1.165) is 27.8 Å². The van der Waals surface area contributed by atoms with Crippen molar-refractivity contribution in [1.29, 1.82) is 0 Å². The highest BCUT2D eigenvalue weighted by molar-refractivity contribution is 7.13. The molecule has 0 atom stereocenters. The minimum atomic E-state index is -4.48. The number of aromatic amines is 1. The summed E-state index contributed by atoms with van der Waals surface area (Å²) >= 11 is 0.930. The second kappa shape index (κ2) is 8.58. The highest BCUT2D eigenvalue weighted by Crippen LogP contribution is 2.35. The molecule has 0 unspecified atom stereocenters. The minimum absolute atomic E-state index is 0. The number of ether oxygens (including phenoxy) is 2. The van der Waals surface area contributed by atoms with E-state index in [-0.39, 0.29) is 24.6 Å². The number of aromatic nitrogens is 3.